The lowest BCUT2D eigenvalue weighted by Crippen LogP contribution is -2.49. The third kappa shape index (κ3) is 5.26. The smallest absolute Gasteiger partial charge is 0.325 e. The number of ether oxygens (including phenoxy) is 1. The average molecular weight is 497 g/mol. The number of fused-ring (bicyclic) bond motifs is 1. The van der Waals surface area contributed by atoms with Gasteiger partial charge < -0.3 is 10.1 Å². The number of esters is 1. The number of hydrogen-bond donors (Lipinski definition) is 1. The van der Waals surface area contributed by atoms with Crippen LogP contribution in [0.3, 0.4) is 0 Å². The molecule has 35 heavy (non-hydrogen) atoms. The van der Waals surface area contributed by atoms with Gasteiger partial charge in [-0.25, -0.2) is 12.8 Å². The zero-order valence-corrected chi connectivity index (χ0v) is 20.1. The summed E-state index contributed by atoms with van der Waals surface area (Å²) in [5.74, 6) is -2.35. The van der Waals surface area contributed by atoms with Crippen molar-refractivity contribution in [1.82, 2.24) is 4.31 Å². The van der Waals surface area contributed by atoms with Crippen molar-refractivity contribution in [3.8, 4) is 0 Å². The number of nitrogens with one attached hydrogen (secondary N) is 1. The second-order valence-corrected chi connectivity index (χ2v) is 10.3. The van der Waals surface area contributed by atoms with Crippen LogP contribution in [0.25, 0.3) is 0 Å². The highest BCUT2D eigenvalue weighted by molar-refractivity contribution is 7.89. The van der Waals surface area contributed by atoms with E-state index in [9.17, 15) is 22.4 Å². The van der Waals surface area contributed by atoms with E-state index in [-0.39, 0.29) is 13.0 Å². The second-order valence-electron chi connectivity index (χ2n) is 8.42. The number of aryl methyl sites for hydroxylation is 2. The molecule has 0 saturated carbocycles. The van der Waals surface area contributed by atoms with Gasteiger partial charge in [0.1, 0.15) is 16.8 Å². The Labute approximate surface area is 203 Å². The summed E-state index contributed by atoms with van der Waals surface area (Å²) in [4.78, 5) is 24.9. The molecule has 1 heterocycles. The molecule has 0 radical (unpaired) electrons. The predicted molar refractivity (Wildman–Crippen MR) is 129 cm³/mol. The number of halogens is 1. The Morgan fingerprint density at radius 2 is 1.69 bits per heavy atom. The van der Waals surface area contributed by atoms with E-state index in [1.807, 2.05) is 19.9 Å². The van der Waals surface area contributed by atoms with Crippen molar-refractivity contribution >= 4 is 27.6 Å². The van der Waals surface area contributed by atoms with Crippen LogP contribution in [0, 0.1) is 19.7 Å². The number of rotatable bonds is 6. The molecule has 7 nitrogen and oxygen atoms in total. The largest absolute Gasteiger partial charge is 0.454 e. The molecule has 0 bridgehead atoms. The first-order valence-electron chi connectivity index (χ1n) is 11.0. The molecule has 1 aliphatic rings. The molecule has 4 rings (SSSR count). The molecule has 9 heteroatoms. The van der Waals surface area contributed by atoms with Gasteiger partial charge in [-0.3, -0.25) is 9.59 Å². The van der Waals surface area contributed by atoms with E-state index < -0.39 is 45.3 Å². The van der Waals surface area contributed by atoms with Crippen LogP contribution in [0.15, 0.2) is 71.6 Å². The van der Waals surface area contributed by atoms with E-state index in [1.54, 1.807) is 36.4 Å². The Morgan fingerprint density at radius 1 is 1.00 bits per heavy atom. The van der Waals surface area contributed by atoms with Crippen molar-refractivity contribution in [2.75, 3.05) is 11.9 Å². The maximum Gasteiger partial charge on any atom is 0.325 e. The third-order valence-corrected chi connectivity index (χ3v) is 7.92. The molecule has 0 spiro atoms. The minimum Gasteiger partial charge on any atom is -0.454 e. The molecule has 1 N–H and O–H groups in total. The van der Waals surface area contributed by atoms with Crippen LogP contribution in [-0.2, 0) is 37.3 Å². The van der Waals surface area contributed by atoms with Crippen LogP contribution in [-0.4, -0.2) is 37.2 Å². The van der Waals surface area contributed by atoms with E-state index in [2.05, 4.69) is 5.32 Å². The van der Waals surface area contributed by atoms with Crippen LogP contribution < -0.4 is 5.32 Å². The Bertz CT molecular complexity index is 1390. The minimum absolute atomic E-state index is 0.0431. The van der Waals surface area contributed by atoms with Crippen LogP contribution >= 0.6 is 0 Å². The highest BCUT2D eigenvalue weighted by Crippen LogP contribution is 2.30. The SMILES string of the molecule is Cc1ccc(NC(=O)COC(=O)[C@@H]2Cc3ccccc3CN2S(=O)(=O)c2ccccc2F)cc1C. The van der Waals surface area contributed by atoms with Gasteiger partial charge in [-0.05, 0) is 60.4 Å². The zero-order chi connectivity index (χ0) is 25.2. The van der Waals surface area contributed by atoms with E-state index in [1.165, 1.54) is 12.1 Å². The minimum atomic E-state index is -4.37. The quantitative estimate of drug-likeness (QED) is 0.525. The Balaban J connectivity index is 1.54. The molecule has 182 valence electrons. The first kappa shape index (κ1) is 24.6. The van der Waals surface area contributed by atoms with Crippen molar-refractivity contribution in [1.29, 1.82) is 0 Å². The number of hydrogen-bond acceptors (Lipinski definition) is 5. The molecular weight excluding hydrogens is 471 g/mol. The maximum absolute atomic E-state index is 14.4. The van der Waals surface area contributed by atoms with Crippen molar-refractivity contribution in [2.24, 2.45) is 0 Å². The second kappa shape index (κ2) is 9.97. The first-order valence-corrected chi connectivity index (χ1v) is 12.5. The lowest BCUT2D eigenvalue weighted by atomic mass is 9.96. The molecule has 3 aromatic carbocycles. The number of anilines is 1. The zero-order valence-electron chi connectivity index (χ0n) is 19.3. The standard InChI is InChI=1S/C26H25FN2O5S/c1-17-11-12-21(13-18(17)2)28-25(30)16-34-26(31)23-14-19-7-3-4-8-20(19)15-29(23)35(32,33)24-10-6-5-9-22(24)27/h3-13,23H,14-16H2,1-2H3,(H,28,30)/t23-/m0/s1. The number of sulfonamides is 1. The average Bonchev–Trinajstić information content (AvgIpc) is 2.84. The normalized spacial score (nSPS) is 15.8. The van der Waals surface area contributed by atoms with Crippen molar-refractivity contribution in [2.45, 2.75) is 37.8 Å². The molecular formula is C26H25FN2O5S. The number of benzene rings is 3. The van der Waals surface area contributed by atoms with Crippen molar-refractivity contribution in [3.05, 3.63) is 94.8 Å². The predicted octanol–water partition coefficient (Wildman–Crippen LogP) is 3.74. The topological polar surface area (TPSA) is 92.8 Å². The molecule has 0 fully saturated rings. The van der Waals surface area contributed by atoms with Gasteiger partial charge in [0, 0.05) is 18.7 Å². The van der Waals surface area contributed by atoms with Crippen LogP contribution in [0.1, 0.15) is 22.3 Å². The third-order valence-electron chi connectivity index (χ3n) is 6.04. The van der Waals surface area contributed by atoms with Crippen molar-refractivity contribution < 1.29 is 27.1 Å². The van der Waals surface area contributed by atoms with Gasteiger partial charge in [0.25, 0.3) is 5.91 Å². The van der Waals surface area contributed by atoms with Gasteiger partial charge in [-0.1, -0.05) is 42.5 Å². The highest BCUT2D eigenvalue weighted by Gasteiger charge is 2.41. The highest BCUT2D eigenvalue weighted by atomic mass is 32.2. The van der Waals surface area contributed by atoms with Gasteiger partial charge >= 0.3 is 5.97 Å². The summed E-state index contributed by atoms with van der Waals surface area (Å²) in [7, 11) is -4.37. The lowest BCUT2D eigenvalue weighted by molar-refractivity contribution is -0.151. The molecule has 1 aliphatic heterocycles. The van der Waals surface area contributed by atoms with Crippen LogP contribution in [0.2, 0.25) is 0 Å². The lowest BCUT2D eigenvalue weighted by Gasteiger charge is -2.34. The number of nitrogens with zero attached hydrogens (tertiary/aromatic N) is 1. The summed E-state index contributed by atoms with van der Waals surface area (Å²) in [5, 5.41) is 2.66. The Kier molecular flexibility index (Phi) is 7.00. The fourth-order valence-electron chi connectivity index (χ4n) is 3.98. The van der Waals surface area contributed by atoms with E-state index in [4.69, 9.17) is 4.74 Å². The summed E-state index contributed by atoms with van der Waals surface area (Å²) in [6, 6.07) is 16.3. The van der Waals surface area contributed by atoms with Crippen LogP contribution in [0.4, 0.5) is 10.1 Å². The Morgan fingerprint density at radius 3 is 2.40 bits per heavy atom. The summed E-state index contributed by atoms with van der Waals surface area (Å²) in [6.07, 6.45) is 0.0431. The van der Waals surface area contributed by atoms with Crippen molar-refractivity contribution in [3.63, 3.8) is 0 Å². The number of amides is 1. The monoisotopic (exact) mass is 496 g/mol. The first-order chi connectivity index (χ1) is 16.7. The molecule has 0 aliphatic carbocycles. The van der Waals surface area contributed by atoms with Crippen LogP contribution in [0.5, 0.6) is 0 Å². The van der Waals surface area contributed by atoms with E-state index >= 15 is 0 Å². The molecule has 0 aromatic heterocycles. The summed E-state index contributed by atoms with van der Waals surface area (Å²) >= 11 is 0. The van der Waals surface area contributed by atoms with Gasteiger partial charge in [0.15, 0.2) is 6.61 Å². The fourth-order valence-corrected chi connectivity index (χ4v) is 5.60. The molecule has 1 amide bonds. The van der Waals surface area contributed by atoms with Gasteiger partial charge in [0.2, 0.25) is 10.0 Å². The van der Waals surface area contributed by atoms with E-state index in [0.717, 1.165) is 33.1 Å². The molecule has 3 aromatic rings. The summed E-state index contributed by atoms with van der Waals surface area (Å²) in [5.41, 5.74) is 4.13. The number of carbonyl (C=O) groups is 2. The van der Waals surface area contributed by atoms with E-state index in [0.29, 0.717) is 11.3 Å². The summed E-state index contributed by atoms with van der Waals surface area (Å²) < 4.78 is 47.3. The number of carbonyl (C=O) groups excluding carboxylic acids is 2. The van der Waals surface area contributed by atoms with Gasteiger partial charge in [-0.15, -0.1) is 0 Å². The molecule has 1 atom stereocenters. The van der Waals surface area contributed by atoms with Gasteiger partial charge in [-0.2, -0.15) is 4.31 Å². The maximum atomic E-state index is 14.4. The molecule has 0 unspecified atom stereocenters. The molecule has 0 saturated heterocycles. The van der Waals surface area contributed by atoms with Gasteiger partial charge in [0.05, 0.1) is 0 Å². The Hall–Kier alpha value is -3.56. The summed E-state index contributed by atoms with van der Waals surface area (Å²) in [6.45, 7) is 3.15. The fraction of sp³-hybridized carbons (Fsp3) is 0.231.